The second kappa shape index (κ2) is 8.17. The zero-order valence-corrected chi connectivity index (χ0v) is 14.7. The van der Waals surface area contributed by atoms with E-state index in [1.165, 1.54) is 6.92 Å². The molecule has 0 saturated heterocycles. The minimum Gasteiger partial charge on any atom is -0.371 e. The van der Waals surface area contributed by atoms with Crippen molar-refractivity contribution in [1.29, 1.82) is 0 Å². The molecule has 1 saturated carbocycles. The van der Waals surface area contributed by atoms with Crippen LogP contribution in [0.3, 0.4) is 0 Å². The van der Waals surface area contributed by atoms with Gasteiger partial charge in [-0.05, 0) is 69.5 Å². The lowest BCUT2D eigenvalue weighted by molar-refractivity contribution is -0.143. The lowest BCUT2D eigenvalue weighted by Crippen LogP contribution is -2.29. The number of ether oxygens (including phenoxy) is 1. The molecule has 0 amide bonds. The van der Waals surface area contributed by atoms with Gasteiger partial charge in [-0.3, -0.25) is 0 Å². The summed E-state index contributed by atoms with van der Waals surface area (Å²) < 4.78 is 83.7. The monoisotopic (exact) mass is 383 g/mol. The lowest BCUT2D eigenvalue weighted by atomic mass is 9.87. The predicted molar refractivity (Wildman–Crippen MR) is 85.6 cm³/mol. The molecule has 0 spiro atoms. The Bertz CT molecular complexity index is 564. The molecule has 0 aliphatic heterocycles. The first-order chi connectivity index (χ1) is 12.0. The summed E-state index contributed by atoms with van der Waals surface area (Å²) in [7, 11) is 1.84. The molecule has 1 aliphatic carbocycles. The first kappa shape index (κ1) is 21.0. The van der Waals surface area contributed by atoms with Gasteiger partial charge in [-0.1, -0.05) is 6.42 Å². The molecule has 0 aromatic heterocycles. The van der Waals surface area contributed by atoms with Crippen LogP contribution < -0.4 is 5.32 Å². The topological polar surface area (TPSA) is 21.3 Å². The van der Waals surface area contributed by atoms with Crippen LogP contribution in [0, 0.1) is 5.92 Å². The molecule has 0 bridgehead atoms. The SMILES string of the molecule is CNC[C@H]1CCCC(OC(C)c2cc(C(F)(F)F)cc(C(F)(F)F)c2)C1. The summed E-state index contributed by atoms with van der Waals surface area (Å²) in [5.74, 6) is 0.401. The fourth-order valence-electron chi connectivity index (χ4n) is 3.42. The Balaban J connectivity index is 2.20. The first-order valence-corrected chi connectivity index (χ1v) is 8.60. The maximum Gasteiger partial charge on any atom is 0.416 e. The van der Waals surface area contributed by atoms with E-state index in [2.05, 4.69) is 5.32 Å². The molecule has 1 fully saturated rings. The smallest absolute Gasteiger partial charge is 0.371 e. The van der Waals surface area contributed by atoms with Gasteiger partial charge in [0.2, 0.25) is 0 Å². The Morgan fingerprint density at radius 3 is 2.12 bits per heavy atom. The van der Waals surface area contributed by atoms with E-state index >= 15 is 0 Å². The van der Waals surface area contributed by atoms with Gasteiger partial charge in [-0.2, -0.15) is 26.3 Å². The van der Waals surface area contributed by atoms with Gasteiger partial charge >= 0.3 is 12.4 Å². The lowest BCUT2D eigenvalue weighted by Gasteiger charge is -2.31. The number of benzene rings is 1. The molecule has 2 rings (SSSR count). The molecule has 8 heteroatoms. The molecule has 1 aromatic carbocycles. The summed E-state index contributed by atoms with van der Waals surface area (Å²) in [6.45, 7) is 2.31. The average molecular weight is 383 g/mol. The molecule has 26 heavy (non-hydrogen) atoms. The van der Waals surface area contributed by atoms with E-state index in [-0.39, 0.29) is 17.7 Å². The van der Waals surface area contributed by atoms with E-state index in [1.807, 2.05) is 7.05 Å². The Hall–Kier alpha value is -1.28. The highest BCUT2D eigenvalue weighted by Gasteiger charge is 2.37. The van der Waals surface area contributed by atoms with Crippen molar-refractivity contribution in [3.8, 4) is 0 Å². The molecule has 2 nitrogen and oxygen atoms in total. The zero-order chi connectivity index (χ0) is 19.5. The molecule has 148 valence electrons. The van der Waals surface area contributed by atoms with Gasteiger partial charge in [-0.15, -0.1) is 0 Å². The first-order valence-electron chi connectivity index (χ1n) is 8.60. The van der Waals surface area contributed by atoms with Crippen molar-refractivity contribution >= 4 is 0 Å². The average Bonchev–Trinajstić information content (AvgIpc) is 2.53. The molecule has 1 N–H and O–H groups in total. The predicted octanol–water partition coefficient (Wildman–Crippen LogP) is 5.58. The summed E-state index contributed by atoms with van der Waals surface area (Å²) in [6, 6.07) is 1.63. The third kappa shape index (κ3) is 5.61. The van der Waals surface area contributed by atoms with Crippen molar-refractivity contribution in [3.63, 3.8) is 0 Å². The second-order valence-corrected chi connectivity index (χ2v) is 6.83. The fraction of sp³-hybridized carbons (Fsp3) is 0.667. The van der Waals surface area contributed by atoms with Crippen LogP contribution in [-0.2, 0) is 17.1 Å². The maximum absolute atomic E-state index is 13.0. The summed E-state index contributed by atoms with van der Waals surface area (Å²) in [5, 5.41) is 3.09. The van der Waals surface area contributed by atoms with Gasteiger partial charge in [0, 0.05) is 0 Å². The van der Waals surface area contributed by atoms with Crippen LogP contribution in [0.1, 0.15) is 55.4 Å². The quantitative estimate of drug-likeness (QED) is 0.670. The van der Waals surface area contributed by atoms with Gasteiger partial charge in [0.05, 0.1) is 23.3 Å². The molecule has 0 radical (unpaired) electrons. The van der Waals surface area contributed by atoms with Crippen LogP contribution in [-0.4, -0.2) is 19.7 Å². The number of rotatable bonds is 5. The van der Waals surface area contributed by atoms with Gasteiger partial charge in [0.15, 0.2) is 0 Å². The molecular formula is C18H23F6NO. The number of alkyl halides is 6. The van der Waals surface area contributed by atoms with E-state index in [9.17, 15) is 26.3 Å². The highest BCUT2D eigenvalue weighted by Crippen LogP contribution is 2.38. The van der Waals surface area contributed by atoms with Crippen LogP contribution in [0.2, 0.25) is 0 Å². The third-order valence-corrected chi connectivity index (χ3v) is 4.70. The van der Waals surface area contributed by atoms with E-state index in [0.717, 1.165) is 44.4 Å². The van der Waals surface area contributed by atoms with E-state index < -0.39 is 29.6 Å². The van der Waals surface area contributed by atoms with Crippen LogP contribution in [0.25, 0.3) is 0 Å². The highest BCUT2D eigenvalue weighted by atomic mass is 19.4. The molecule has 1 aliphatic rings. The number of halogens is 6. The Kier molecular flexibility index (Phi) is 6.60. The molecule has 2 unspecified atom stereocenters. The Labute approximate surface area is 148 Å². The van der Waals surface area contributed by atoms with Crippen molar-refractivity contribution in [2.24, 2.45) is 5.92 Å². The highest BCUT2D eigenvalue weighted by molar-refractivity contribution is 5.34. The van der Waals surface area contributed by atoms with E-state index in [1.54, 1.807) is 0 Å². The maximum atomic E-state index is 13.0. The zero-order valence-electron chi connectivity index (χ0n) is 14.7. The summed E-state index contributed by atoms with van der Waals surface area (Å²) >= 11 is 0. The number of hydrogen-bond acceptors (Lipinski definition) is 2. The van der Waals surface area contributed by atoms with Crippen molar-refractivity contribution < 1.29 is 31.1 Å². The second-order valence-electron chi connectivity index (χ2n) is 6.83. The third-order valence-electron chi connectivity index (χ3n) is 4.70. The minimum atomic E-state index is -4.85. The van der Waals surface area contributed by atoms with Crippen LogP contribution in [0.4, 0.5) is 26.3 Å². The van der Waals surface area contributed by atoms with Crippen molar-refractivity contribution in [2.45, 2.75) is 57.2 Å². The van der Waals surface area contributed by atoms with E-state index in [0.29, 0.717) is 5.92 Å². The summed E-state index contributed by atoms with van der Waals surface area (Å²) in [5.41, 5.74) is -2.73. The Morgan fingerprint density at radius 2 is 1.62 bits per heavy atom. The van der Waals surface area contributed by atoms with Crippen molar-refractivity contribution in [2.75, 3.05) is 13.6 Å². The molecule has 0 heterocycles. The molecular weight excluding hydrogens is 360 g/mol. The number of nitrogens with one attached hydrogen (secondary N) is 1. The van der Waals surface area contributed by atoms with Gasteiger partial charge < -0.3 is 10.1 Å². The molecule has 1 aromatic rings. The fourth-order valence-corrected chi connectivity index (χ4v) is 3.42. The normalized spacial score (nSPS) is 23.1. The van der Waals surface area contributed by atoms with Gasteiger partial charge in [-0.25, -0.2) is 0 Å². The number of hydrogen-bond donors (Lipinski definition) is 1. The largest absolute Gasteiger partial charge is 0.416 e. The summed E-state index contributed by atoms with van der Waals surface area (Å²) in [4.78, 5) is 0. The standard InChI is InChI=1S/C18H23F6NO/c1-11(26-16-5-3-4-12(6-16)10-25-2)13-7-14(17(19,20)21)9-15(8-13)18(22,23)24/h7-9,11-12,16,25H,3-6,10H2,1-2H3/t11?,12-,16?/m0/s1. The van der Waals surface area contributed by atoms with Crippen LogP contribution >= 0.6 is 0 Å². The summed E-state index contributed by atoms with van der Waals surface area (Å²) in [6.07, 6.45) is -7.24. The van der Waals surface area contributed by atoms with Gasteiger partial charge in [0.25, 0.3) is 0 Å². The minimum absolute atomic E-state index is 0.108. The van der Waals surface area contributed by atoms with Crippen molar-refractivity contribution in [3.05, 3.63) is 34.9 Å². The van der Waals surface area contributed by atoms with Crippen molar-refractivity contribution in [1.82, 2.24) is 5.32 Å². The van der Waals surface area contributed by atoms with Gasteiger partial charge in [0.1, 0.15) is 0 Å². The Morgan fingerprint density at radius 1 is 1.04 bits per heavy atom. The van der Waals surface area contributed by atoms with Crippen LogP contribution in [0.5, 0.6) is 0 Å². The van der Waals surface area contributed by atoms with Crippen LogP contribution in [0.15, 0.2) is 18.2 Å². The van der Waals surface area contributed by atoms with E-state index in [4.69, 9.17) is 4.74 Å². The molecule has 3 atom stereocenters.